The largest absolute Gasteiger partial charge is 0.255 e. The third-order valence-electron chi connectivity index (χ3n) is 3.73. The molecule has 104 valence electrons. The summed E-state index contributed by atoms with van der Waals surface area (Å²) in [6, 6.07) is 10.2. The van der Waals surface area contributed by atoms with Crippen molar-refractivity contribution in [2.24, 2.45) is 5.92 Å². The third kappa shape index (κ3) is 2.59. The monoisotopic (exact) mass is 312 g/mol. The molecule has 1 fully saturated rings. The number of halogens is 1. The van der Waals surface area contributed by atoms with Crippen molar-refractivity contribution in [2.75, 3.05) is 0 Å². The molecule has 4 rings (SSSR count). The van der Waals surface area contributed by atoms with Crippen LogP contribution in [0.2, 0.25) is 5.02 Å². The summed E-state index contributed by atoms with van der Waals surface area (Å²) in [6.07, 6.45) is 6.46. The molecule has 0 radical (unpaired) electrons. The fraction of sp³-hybridized carbons (Fsp3) is 0.176. The maximum Gasteiger partial charge on any atom is 0.0850 e. The van der Waals surface area contributed by atoms with Gasteiger partial charge >= 0.3 is 0 Å². The van der Waals surface area contributed by atoms with Gasteiger partial charge in [0.05, 0.1) is 26.4 Å². The first kappa shape index (κ1) is 13.0. The Labute approximate surface area is 132 Å². The maximum absolute atomic E-state index is 6.32. The molecule has 0 amide bonds. The van der Waals surface area contributed by atoms with Gasteiger partial charge in [-0.2, -0.15) is 0 Å². The molecule has 1 aliphatic carbocycles. The Morgan fingerprint density at radius 2 is 2.14 bits per heavy atom. The highest BCUT2D eigenvalue weighted by Gasteiger charge is 2.28. The van der Waals surface area contributed by atoms with Gasteiger partial charge in [-0.3, -0.25) is 4.98 Å². The Hall–Kier alpha value is -1.71. The molecule has 0 bridgehead atoms. The molecule has 21 heavy (non-hydrogen) atoms. The average Bonchev–Trinajstić information content (AvgIpc) is 3.23. The molecule has 1 saturated carbocycles. The van der Waals surface area contributed by atoms with Crippen LogP contribution in [0.1, 0.15) is 24.1 Å². The SMILES string of the molecule is Clc1cccnc1/C(=C/c1ccc2scnc2c1)C1CC1. The average molecular weight is 313 g/mol. The summed E-state index contributed by atoms with van der Waals surface area (Å²) >= 11 is 7.99. The number of fused-ring (bicyclic) bond motifs is 1. The summed E-state index contributed by atoms with van der Waals surface area (Å²) < 4.78 is 1.22. The van der Waals surface area contributed by atoms with Crippen molar-refractivity contribution >= 4 is 44.8 Å². The molecule has 4 heteroatoms. The molecule has 2 heterocycles. The number of thiazole rings is 1. The van der Waals surface area contributed by atoms with E-state index in [0.717, 1.165) is 21.8 Å². The zero-order valence-corrected chi connectivity index (χ0v) is 12.9. The van der Waals surface area contributed by atoms with Crippen molar-refractivity contribution < 1.29 is 0 Å². The number of nitrogens with zero attached hydrogens (tertiary/aromatic N) is 2. The van der Waals surface area contributed by atoms with Crippen LogP contribution in [-0.2, 0) is 0 Å². The van der Waals surface area contributed by atoms with Crippen molar-refractivity contribution in [2.45, 2.75) is 12.8 Å². The van der Waals surface area contributed by atoms with Gasteiger partial charge in [-0.25, -0.2) is 4.98 Å². The molecule has 0 spiro atoms. The van der Waals surface area contributed by atoms with Crippen LogP contribution in [0.4, 0.5) is 0 Å². The number of hydrogen-bond donors (Lipinski definition) is 0. The minimum absolute atomic E-state index is 0.587. The Morgan fingerprint density at radius 3 is 2.95 bits per heavy atom. The highest BCUT2D eigenvalue weighted by Crippen LogP contribution is 2.44. The minimum atomic E-state index is 0.587. The summed E-state index contributed by atoms with van der Waals surface area (Å²) in [5, 5.41) is 0.727. The van der Waals surface area contributed by atoms with E-state index in [2.05, 4.69) is 34.2 Å². The molecule has 1 aliphatic rings. The van der Waals surface area contributed by atoms with E-state index in [0.29, 0.717) is 5.92 Å². The van der Waals surface area contributed by atoms with Crippen molar-refractivity contribution in [1.29, 1.82) is 0 Å². The number of pyridine rings is 1. The summed E-state index contributed by atoms with van der Waals surface area (Å²) in [6.45, 7) is 0. The van der Waals surface area contributed by atoms with Crippen LogP contribution >= 0.6 is 22.9 Å². The summed E-state index contributed by atoms with van der Waals surface area (Å²) in [4.78, 5) is 8.86. The molecule has 2 aromatic heterocycles. The second kappa shape index (κ2) is 5.24. The zero-order valence-electron chi connectivity index (χ0n) is 11.3. The molecule has 3 aromatic rings. The predicted octanol–water partition coefficient (Wildman–Crippen LogP) is 5.30. The second-order valence-corrected chi connectivity index (χ2v) is 6.58. The molecule has 1 aromatic carbocycles. The van der Waals surface area contributed by atoms with E-state index in [4.69, 9.17) is 11.6 Å². The van der Waals surface area contributed by atoms with Gasteiger partial charge in [-0.1, -0.05) is 17.7 Å². The standard InChI is InChI=1S/C17H13ClN2S/c18-14-2-1-7-19-17(14)13(12-4-5-12)8-11-3-6-16-15(9-11)20-10-21-16/h1-3,6-10,12H,4-5H2/b13-8+. The third-order valence-corrected chi connectivity index (χ3v) is 4.84. The highest BCUT2D eigenvalue weighted by molar-refractivity contribution is 7.16. The lowest BCUT2D eigenvalue weighted by Gasteiger charge is -2.07. The van der Waals surface area contributed by atoms with Crippen molar-refractivity contribution in [3.63, 3.8) is 0 Å². The van der Waals surface area contributed by atoms with Crippen molar-refractivity contribution in [1.82, 2.24) is 9.97 Å². The molecule has 0 saturated heterocycles. The normalized spacial score (nSPS) is 15.6. The molecular formula is C17H13ClN2S. The zero-order chi connectivity index (χ0) is 14.2. The van der Waals surface area contributed by atoms with Crippen LogP contribution < -0.4 is 0 Å². The van der Waals surface area contributed by atoms with Gasteiger partial charge in [-0.05, 0) is 60.2 Å². The lowest BCUT2D eigenvalue weighted by molar-refractivity contribution is 1.11. The summed E-state index contributed by atoms with van der Waals surface area (Å²) in [5.74, 6) is 0.587. The quantitative estimate of drug-likeness (QED) is 0.656. The summed E-state index contributed by atoms with van der Waals surface area (Å²) in [7, 11) is 0. The van der Waals surface area contributed by atoms with E-state index in [-0.39, 0.29) is 0 Å². The van der Waals surface area contributed by atoms with Gasteiger partial charge in [0.25, 0.3) is 0 Å². The van der Waals surface area contributed by atoms with E-state index < -0.39 is 0 Å². The first-order valence-corrected chi connectivity index (χ1v) is 8.23. The highest BCUT2D eigenvalue weighted by atomic mass is 35.5. The van der Waals surface area contributed by atoms with Gasteiger partial charge in [0, 0.05) is 6.20 Å². The van der Waals surface area contributed by atoms with Gasteiger partial charge < -0.3 is 0 Å². The molecule has 0 N–H and O–H groups in total. The Morgan fingerprint density at radius 1 is 1.24 bits per heavy atom. The smallest absolute Gasteiger partial charge is 0.0850 e. The van der Waals surface area contributed by atoms with Crippen LogP contribution in [0.3, 0.4) is 0 Å². The van der Waals surface area contributed by atoms with Crippen LogP contribution in [0.15, 0.2) is 42.0 Å². The van der Waals surface area contributed by atoms with Gasteiger partial charge in [0.15, 0.2) is 0 Å². The Kier molecular flexibility index (Phi) is 3.24. The first-order chi connectivity index (χ1) is 10.3. The van der Waals surface area contributed by atoms with Crippen LogP contribution in [0.25, 0.3) is 21.9 Å². The van der Waals surface area contributed by atoms with E-state index >= 15 is 0 Å². The number of aromatic nitrogens is 2. The van der Waals surface area contributed by atoms with Crippen molar-refractivity contribution in [3.05, 3.63) is 58.3 Å². The van der Waals surface area contributed by atoms with Crippen LogP contribution in [0, 0.1) is 5.92 Å². The van der Waals surface area contributed by atoms with Crippen molar-refractivity contribution in [3.8, 4) is 0 Å². The first-order valence-electron chi connectivity index (χ1n) is 6.97. The minimum Gasteiger partial charge on any atom is -0.255 e. The van der Waals surface area contributed by atoms with E-state index in [9.17, 15) is 0 Å². The molecule has 0 atom stereocenters. The van der Waals surface area contributed by atoms with E-state index in [1.54, 1.807) is 17.5 Å². The molecular weight excluding hydrogens is 300 g/mol. The van der Waals surface area contributed by atoms with E-state index in [1.807, 2.05) is 17.6 Å². The van der Waals surface area contributed by atoms with Crippen LogP contribution in [0.5, 0.6) is 0 Å². The number of hydrogen-bond acceptors (Lipinski definition) is 3. The fourth-order valence-corrected chi connectivity index (χ4v) is 3.41. The van der Waals surface area contributed by atoms with E-state index in [1.165, 1.54) is 23.1 Å². The number of rotatable bonds is 3. The molecule has 2 nitrogen and oxygen atoms in total. The molecule has 0 aliphatic heterocycles. The number of allylic oxidation sites excluding steroid dienone is 1. The second-order valence-electron chi connectivity index (χ2n) is 5.29. The Bertz CT molecular complexity index is 833. The molecule has 0 unspecified atom stereocenters. The predicted molar refractivity (Wildman–Crippen MR) is 89.5 cm³/mol. The number of benzene rings is 1. The Balaban J connectivity index is 1.81. The maximum atomic E-state index is 6.32. The van der Waals surface area contributed by atoms with Gasteiger partial charge in [0.2, 0.25) is 0 Å². The lowest BCUT2D eigenvalue weighted by atomic mass is 10.0. The lowest BCUT2D eigenvalue weighted by Crippen LogP contribution is -1.92. The van der Waals surface area contributed by atoms with Gasteiger partial charge in [-0.15, -0.1) is 11.3 Å². The van der Waals surface area contributed by atoms with Crippen LogP contribution in [-0.4, -0.2) is 9.97 Å². The topological polar surface area (TPSA) is 25.8 Å². The van der Waals surface area contributed by atoms with Gasteiger partial charge in [0.1, 0.15) is 0 Å². The fourth-order valence-electron chi connectivity index (χ4n) is 2.52. The summed E-state index contributed by atoms with van der Waals surface area (Å²) in [5.41, 5.74) is 6.26.